The van der Waals surface area contributed by atoms with Gasteiger partial charge in [-0.15, -0.1) is 0 Å². The molecule has 0 radical (unpaired) electrons. The minimum Gasteiger partial charge on any atom is -0.462 e. The fourth-order valence-electron chi connectivity index (χ4n) is 1.92. The van der Waals surface area contributed by atoms with Crippen LogP contribution in [0.4, 0.5) is 0 Å². The van der Waals surface area contributed by atoms with E-state index in [0.717, 1.165) is 12.0 Å². The Morgan fingerprint density at radius 1 is 1.41 bits per heavy atom. The van der Waals surface area contributed by atoms with Gasteiger partial charge in [-0.25, -0.2) is 4.79 Å². The van der Waals surface area contributed by atoms with Crippen molar-refractivity contribution in [3.63, 3.8) is 0 Å². The third-order valence-corrected chi connectivity index (χ3v) is 2.94. The summed E-state index contributed by atoms with van der Waals surface area (Å²) >= 11 is 0. The number of ether oxygens (including phenoxy) is 1. The maximum Gasteiger partial charge on any atom is 0.335 e. The lowest BCUT2D eigenvalue weighted by Gasteiger charge is -2.15. The molecule has 2 rings (SSSR count). The summed E-state index contributed by atoms with van der Waals surface area (Å²) in [5.41, 5.74) is 1.97. The lowest BCUT2D eigenvalue weighted by Crippen LogP contribution is -2.16. The molecule has 1 atom stereocenters. The third kappa shape index (κ3) is 2.87. The Labute approximate surface area is 101 Å². The maximum absolute atomic E-state index is 11.3. The topological polar surface area (TPSA) is 38.3 Å². The third-order valence-electron chi connectivity index (χ3n) is 2.94. The number of esters is 1. The van der Waals surface area contributed by atoms with Crippen LogP contribution in [-0.2, 0) is 9.53 Å². The van der Waals surface area contributed by atoms with Gasteiger partial charge in [-0.1, -0.05) is 37.3 Å². The van der Waals surface area contributed by atoms with Gasteiger partial charge in [-0.05, 0) is 12.0 Å². The van der Waals surface area contributed by atoms with E-state index in [1.54, 1.807) is 6.20 Å². The van der Waals surface area contributed by atoms with Gasteiger partial charge >= 0.3 is 5.97 Å². The number of carbonyl (C=O) groups excluding carboxylic acids is 1. The minimum absolute atomic E-state index is 0.194. The molecule has 17 heavy (non-hydrogen) atoms. The summed E-state index contributed by atoms with van der Waals surface area (Å²) in [5.74, 6) is -0.194. The molecule has 1 fully saturated rings. The SMILES string of the molecule is CC[C@H](NC=C1CCOC1=O)c1ccccc1. The molecule has 1 N–H and O–H groups in total. The van der Waals surface area contributed by atoms with Crippen LogP contribution in [0.3, 0.4) is 0 Å². The predicted molar refractivity (Wildman–Crippen MR) is 66.3 cm³/mol. The summed E-state index contributed by atoms with van der Waals surface area (Å²) in [4.78, 5) is 11.3. The van der Waals surface area contributed by atoms with E-state index in [0.29, 0.717) is 13.0 Å². The highest BCUT2D eigenvalue weighted by Crippen LogP contribution is 2.18. The predicted octanol–water partition coefficient (Wildman–Crippen LogP) is 2.56. The van der Waals surface area contributed by atoms with Crippen molar-refractivity contribution in [2.45, 2.75) is 25.8 Å². The van der Waals surface area contributed by atoms with Gasteiger partial charge < -0.3 is 10.1 Å². The Morgan fingerprint density at radius 2 is 2.18 bits per heavy atom. The Bertz CT molecular complexity index is 411. The largest absolute Gasteiger partial charge is 0.462 e. The molecule has 1 heterocycles. The summed E-state index contributed by atoms with van der Waals surface area (Å²) in [6.45, 7) is 2.63. The Kier molecular flexibility index (Phi) is 3.81. The van der Waals surface area contributed by atoms with E-state index in [9.17, 15) is 4.79 Å². The zero-order valence-electron chi connectivity index (χ0n) is 9.98. The number of cyclic esters (lactones) is 1. The molecule has 0 aliphatic carbocycles. The molecule has 1 aliphatic rings. The van der Waals surface area contributed by atoms with Gasteiger partial charge in [0, 0.05) is 12.6 Å². The molecule has 90 valence electrons. The summed E-state index contributed by atoms with van der Waals surface area (Å²) in [5, 5.41) is 3.30. The van der Waals surface area contributed by atoms with Crippen LogP contribution in [0, 0.1) is 0 Å². The van der Waals surface area contributed by atoms with Crippen LogP contribution in [-0.4, -0.2) is 12.6 Å². The second-order valence-corrected chi connectivity index (χ2v) is 4.09. The molecule has 3 heteroatoms. The van der Waals surface area contributed by atoms with E-state index < -0.39 is 0 Å². The van der Waals surface area contributed by atoms with Crippen molar-refractivity contribution in [3.8, 4) is 0 Å². The molecule has 3 nitrogen and oxygen atoms in total. The van der Waals surface area contributed by atoms with Crippen molar-refractivity contribution in [1.29, 1.82) is 0 Å². The first kappa shape index (κ1) is 11.7. The first-order valence-electron chi connectivity index (χ1n) is 5.98. The van der Waals surface area contributed by atoms with Crippen molar-refractivity contribution in [3.05, 3.63) is 47.7 Å². The van der Waals surface area contributed by atoms with Crippen molar-refractivity contribution < 1.29 is 9.53 Å². The van der Waals surface area contributed by atoms with Crippen LogP contribution in [0.25, 0.3) is 0 Å². The molecule has 1 aromatic rings. The number of benzene rings is 1. The van der Waals surface area contributed by atoms with E-state index in [2.05, 4.69) is 24.4 Å². The molecular weight excluding hydrogens is 214 g/mol. The van der Waals surface area contributed by atoms with Gasteiger partial charge in [-0.2, -0.15) is 0 Å². The highest BCUT2D eigenvalue weighted by molar-refractivity contribution is 5.90. The van der Waals surface area contributed by atoms with Gasteiger partial charge in [0.2, 0.25) is 0 Å². The molecule has 0 bridgehead atoms. The molecule has 0 spiro atoms. The number of rotatable bonds is 4. The first-order chi connectivity index (χ1) is 8.31. The quantitative estimate of drug-likeness (QED) is 0.639. The van der Waals surface area contributed by atoms with Gasteiger partial charge in [0.15, 0.2) is 0 Å². The average Bonchev–Trinajstić information content (AvgIpc) is 2.77. The van der Waals surface area contributed by atoms with Crippen LogP contribution in [0.2, 0.25) is 0 Å². The zero-order valence-corrected chi connectivity index (χ0v) is 9.98. The fourth-order valence-corrected chi connectivity index (χ4v) is 1.92. The van der Waals surface area contributed by atoms with E-state index in [-0.39, 0.29) is 12.0 Å². The summed E-state index contributed by atoms with van der Waals surface area (Å²) in [6.07, 6.45) is 3.48. The normalized spacial score (nSPS) is 19.1. The number of hydrogen-bond acceptors (Lipinski definition) is 3. The molecule has 1 aromatic carbocycles. The van der Waals surface area contributed by atoms with Crippen LogP contribution < -0.4 is 5.32 Å². The number of hydrogen-bond donors (Lipinski definition) is 1. The highest BCUT2D eigenvalue weighted by atomic mass is 16.5. The van der Waals surface area contributed by atoms with Gasteiger partial charge in [0.05, 0.1) is 18.2 Å². The molecule has 0 aromatic heterocycles. The van der Waals surface area contributed by atoms with Crippen LogP contribution in [0.1, 0.15) is 31.4 Å². The van der Waals surface area contributed by atoms with Crippen LogP contribution in [0.5, 0.6) is 0 Å². The minimum atomic E-state index is -0.194. The smallest absolute Gasteiger partial charge is 0.335 e. The second kappa shape index (κ2) is 5.53. The monoisotopic (exact) mass is 231 g/mol. The van der Waals surface area contributed by atoms with Gasteiger partial charge in [-0.3, -0.25) is 0 Å². The van der Waals surface area contributed by atoms with E-state index in [1.807, 2.05) is 18.2 Å². The van der Waals surface area contributed by atoms with Crippen molar-refractivity contribution in [2.75, 3.05) is 6.61 Å². The van der Waals surface area contributed by atoms with Crippen LogP contribution in [0.15, 0.2) is 42.1 Å². The summed E-state index contributed by atoms with van der Waals surface area (Å²) in [7, 11) is 0. The van der Waals surface area contributed by atoms with E-state index >= 15 is 0 Å². The summed E-state index contributed by atoms with van der Waals surface area (Å²) in [6, 6.07) is 10.5. The fraction of sp³-hybridized carbons (Fsp3) is 0.357. The lowest BCUT2D eigenvalue weighted by atomic mass is 10.0. The zero-order chi connectivity index (χ0) is 12.1. The average molecular weight is 231 g/mol. The molecule has 0 amide bonds. The lowest BCUT2D eigenvalue weighted by molar-refractivity contribution is -0.135. The van der Waals surface area contributed by atoms with Gasteiger partial charge in [0.1, 0.15) is 0 Å². The van der Waals surface area contributed by atoms with Crippen molar-refractivity contribution in [2.24, 2.45) is 0 Å². The standard InChI is InChI=1S/C14H17NO2/c1-2-13(11-6-4-3-5-7-11)15-10-12-8-9-17-14(12)16/h3-7,10,13,15H,2,8-9H2,1H3/t13-/m0/s1. The van der Waals surface area contributed by atoms with Gasteiger partial charge in [0.25, 0.3) is 0 Å². The molecular formula is C14H17NO2. The molecule has 0 saturated carbocycles. The maximum atomic E-state index is 11.3. The van der Waals surface area contributed by atoms with E-state index in [4.69, 9.17) is 4.74 Å². The van der Waals surface area contributed by atoms with Crippen LogP contribution >= 0.6 is 0 Å². The molecule has 1 saturated heterocycles. The van der Waals surface area contributed by atoms with Crippen molar-refractivity contribution >= 4 is 5.97 Å². The second-order valence-electron chi connectivity index (χ2n) is 4.09. The summed E-state index contributed by atoms with van der Waals surface area (Å²) < 4.78 is 4.89. The Hall–Kier alpha value is -1.77. The molecule has 0 unspecified atom stereocenters. The Balaban J connectivity index is 2.04. The van der Waals surface area contributed by atoms with Crippen molar-refractivity contribution in [1.82, 2.24) is 5.32 Å². The molecule has 1 aliphatic heterocycles. The Morgan fingerprint density at radius 3 is 2.76 bits per heavy atom. The highest BCUT2D eigenvalue weighted by Gasteiger charge is 2.18. The number of carbonyl (C=O) groups is 1. The first-order valence-corrected chi connectivity index (χ1v) is 5.98. The number of nitrogens with one attached hydrogen (secondary N) is 1. The van der Waals surface area contributed by atoms with E-state index in [1.165, 1.54) is 5.56 Å².